The topological polar surface area (TPSA) is 30.5 Å². The van der Waals surface area contributed by atoms with Crippen molar-refractivity contribution in [2.24, 2.45) is 0 Å². The summed E-state index contributed by atoms with van der Waals surface area (Å²) in [5.41, 5.74) is 2.52. The summed E-state index contributed by atoms with van der Waals surface area (Å²) in [7, 11) is 1.68. The van der Waals surface area contributed by atoms with Crippen molar-refractivity contribution in [2.75, 3.05) is 20.0 Å². The fourth-order valence-corrected chi connectivity index (χ4v) is 3.21. The van der Waals surface area contributed by atoms with Crippen LogP contribution in [-0.2, 0) is 13.0 Å². The van der Waals surface area contributed by atoms with Gasteiger partial charge in [0.05, 0.1) is 7.11 Å². The van der Waals surface area contributed by atoms with Crippen LogP contribution in [0.3, 0.4) is 0 Å². The number of benzene rings is 2. The number of rotatable bonds is 5. The standard InChI is InChI=1S/C18H21NO2S/c1-20-17-8-4-6-14-10-15(12-21-18(14)17)19-11-13-5-3-7-16(9-13)22-2/h3-9,15,19H,10-12H2,1-2H3/t15-/m0/s1. The SMILES string of the molecule is COc1cccc2c1OC[C@@H](NCc1cccc(SC)c1)C2. The van der Waals surface area contributed by atoms with Gasteiger partial charge in [-0.15, -0.1) is 11.8 Å². The molecule has 0 amide bonds. The van der Waals surface area contributed by atoms with E-state index >= 15 is 0 Å². The summed E-state index contributed by atoms with van der Waals surface area (Å²) in [5.74, 6) is 1.72. The molecule has 0 spiro atoms. The van der Waals surface area contributed by atoms with Crippen molar-refractivity contribution in [3.05, 3.63) is 53.6 Å². The van der Waals surface area contributed by atoms with Crippen molar-refractivity contribution in [3.63, 3.8) is 0 Å². The van der Waals surface area contributed by atoms with Crippen LogP contribution < -0.4 is 14.8 Å². The third-order valence-electron chi connectivity index (χ3n) is 3.90. The Morgan fingerprint density at radius 2 is 2.14 bits per heavy atom. The molecule has 0 aliphatic carbocycles. The first-order chi connectivity index (χ1) is 10.8. The maximum atomic E-state index is 5.90. The van der Waals surface area contributed by atoms with E-state index in [4.69, 9.17) is 9.47 Å². The summed E-state index contributed by atoms with van der Waals surface area (Å²) in [4.78, 5) is 1.30. The van der Waals surface area contributed by atoms with E-state index < -0.39 is 0 Å². The molecule has 0 unspecified atom stereocenters. The molecule has 1 aliphatic heterocycles. The van der Waals surface area contributed by atoms with Crippen LogP contribution in [0, 0.1) is 0 Å². The number of ether oxygens (including phenoxy) is 2. The molecule has 0 radical (unpaired) electrons. The maximum absolute atomic E-state index is 5.90. The molecule has 22 heavy (non-hydrogen) atoms. The normalized spacial score (nSPS) is 16.7. The van der Waals surface area contributed by atoms with Crippen LogP contribution in [0.1, 0.15) is 11.1 Å². The fourth-order valence-electron chi connectivity index (χ4n) is 2.73. The highest BCUT2D eigenvalue weighted by molar-refractivity contribution is 7.98. The van der Waals surface area contributed by atoms with Gasteiger partial charge in [0, 0.05) is 17.5 Å². The van der Waals surface area contributed by atoms with Crippen LogP contribution in [0.5, 0.6) is 11.5 Å². The quantitative estimate of drug-likeness (QED) is 0.855. The summed E-state index contributed by atoms with van der Waals surface area (Å²) in [6, 6.07) is 15.1. The second-order valence-electron chi connectivity index (χ2n) is 5.39. The lowest BCUT2D eigenvalue weighted by molar-refractivity contribution is 0.226. The molecular formula is C18H21NO2S. The van der Waals surface area contributed by atoms with E-state index in [2.05, 4.69) is 41.9 Å². The second-order valence-corrected chi connectivity index (χ2v) is 6.27. The lowest BCUT2D eigenvalue weighted by atomic mass is 10.0. The number of thioether (sulfide) groups is 1. The van der Waals surface area contributed by atoms with Gasteiger partial charge >= 0.3 is 0 Å². The molecule has 1 heterocycles. The van der Waals surface area contributed by atoms with Crippen molar-refractivity contribution >= 4 is 11.8 Å². The van der Waals surface area contributed by atoms with Gasteiger partial charge in [-0.05, 0) is 42.0 Å². The predicted molar refractivity (Wildman–Crippen MR) is 91.0 cm³/mol. The summed E-state index contributed by atoms with van der Waals surface area (Å²) in [5, 5.41) is 3.59. The van der Waals surface area contributed by atoms with E-state index in [0.717, 1.165) is 24.5 Å². The van der Waals surface area contributed by atoms with Crippen molar-refractivity contribution in [3.8, 4) is 11.5 Å². The largest absolute Gasteiger partial charge is 0.493 e. The summed E-state index contributed by atoms with van der Waals surface area (Å²) < 4.78 is 11.3. The molecule has 0 fully saturated rings. The molecule has 0 aromatic heterocycles. The number of para-hydroxylation sites is 1. The van der Waals surface area contributed by atoms with Gasteiger partial charge in [0.15, 0.2) is 11.5 Å². The van der Waals surface area contributed by atoms with E-state index in [1.807, 2.05) is 12.1 Å². The van der Waals surface area contributed by atoms with Crippen LogP contribution in [0.2, 0.25) is 0 Å². The third-order valence-corrected chi connectivity index (χ3v) is 4.63. The monoisotopic (exact) mass is 315 g/mol. The number of methoxy groups -OCH3 is 1. The molecule has 2 aromatic carbocycles. The van der Waals surface area contributed by atoms with E-state index in [1.165, 1.54) is 16.0 Å². The maximum Gasteiger partial charge on any atom is 0.164 e. The van der Waals surface area contributed by atoms with Crippen LogP contribution in [-0.4, -0.2) is 26.0 Å². The molecule has 1 aliphatic rings. The van der Waals surface area contributed by atoms with Crippen molar-refractivity contribution in [2.45, 2.75) is 23.9 Å². The molecule has 2 aromatic rings. The number of hydrogen-bond donors (Lipinski definition) is 1. The van der Waals surface area contributed by atoms with Gasteiger partial charge in [-0.1, -0.05) is 24.3 Å². The minimum absolute atomic E-state index is 0.331. The van der Waals surface area contributed by atoms with Crippen LogP contribution >= 0.6 is 11.8 Å². The first-order valence-electron chi connectivity index (χ1n) is 7.45. The first-order valence-corrected chi connectivity index (χ1v) is 8.67. The smallest absolute Gasteiger partial charge is 0.164 e. The number of hydrogen-bond acceptors (Lipinski definition) is 4. The fraction of sp³-hybridized carbons (Fsp3) is 0.333. The Bertz CT molecular complexity index is 645. The second kappa shape index (κ2) is 7.07. The first kappa shape index (κ1) is 15.3. The molecule has 1 N–H and O–H groups in total. The van der Waals surface area contributed by atoms with Gasteiger partial charge in [-0.3, -0.25) is 0 Å². The van der Waals surface area contributed by atoms with Gasteiger partial charge < -0.3 is 14.8 Å². The summed E-state index contributed by atoms with van der Waals surface area (Å²) in [6.07, 6.45) is 3.07. The Balaban J connectivity index is 1.63. The van der Waals surface area contributed by atoms with E-state index in [-0.39, 0.29) is 0 Å². The Morgan fingerprint density at radius 3 is 2.95 bits per heavy atom. The summed E-state index contributed by atoms with van der Waals surface area (Å²) >= 11 is 1.77. The Labute approximate surface area is 136 Å². The van der Waals surface area contributed by atoms with Gasteiger partial charge in [-0.25, -0.2) is 0 Å². The minimum Gasteiger partial charge on any atom is -0.493 e. The predicted octanol–water partition coefficient (Wildman–Crippen LogP) is 3.51. The van der Waals surface area contributed by atoms with Crippen LogP contribution in [0.25, 0.3) is 0 Å². The van der Waals surface area contributed by atoms with E-state index in [1.54, 1.807) is 18.9 Å². The van der Waals surface area contributed by atoms with Gasteiger partial charge in [0.2, 0.25) is 0 Å². The minimum atomic E-state index is 0.331. The molecule has 0 saturated carbocycles. The van der Waals surface area contributed by atoms with Crippen LogP contribution in [0.4, 0.5) is 0 Å². The molecule has 1 atom stereocenters. The van der Waals surface area contributed by atoms with Crippen molar-refractivity contribution in [1.82, 2.24) is 5.32 Å². The van der Waals surface area contributed by atoms with Gasteiger partial charge in [0.1, 0.15) is 6.61 Å². The molecule has 0 bridgehead atoms. The lowest BCUT2D eigenvalue weighted by Gasteiger charge is -2.27. The molecule has 3 nitrogen and oxygen atoms in total. The molecule has 3 rings (SSSR count). The highest BCUT2D eigenvalue weighted by atomic mass is 32.2. The number of fused-ring (bicyclic) bond motifs is 1. The zero-order chi connectivity index (χ0) is 15.4. The molecule has 4 heteroatoms. The highest BCUT2D eigenvalue weighted by Gasteiger charge is 2.22. The number of nitrogens with one attached hydrogen (secondary N) is 1. The average molecular weight is 315 g/mol. The Morgan fingerprint density at radius 1 is 1.27 bits per heavy atom. The van der Waals surface area contributed by atoms with Crippen molar-refractivity contribution < 1.29 is 9.47 Å². The Kier molecular flexibility index (Phi) is 4.90. The van der Waals surface area contributed by atoms with Gasteiger partial charge in [-0.2, -0.15) is 0 Å². The van der Waals surface area contributed by atoms with Crippen molar-refractivity contribution in [1.29, 1.82) is 0 Å². The third kappa shape index (κ3) is 3.39. The lowest BCUT2D eigenvalue weighted by Crippen LogP contribution is -2.38. The van der Waals surface area contributed by atoms with E-state index in [9.17, 15) is 0 Å². The van der Waals surface area contributed by atoms with Gasteiger partial charge in [0.25, 0.3) is 0 Å². The highest BCUT2D eigenvalue weighted by Crippen LogP contribution is 2.34. The molecular weight excluding hydrogens is 294 g/mol. The van der Waals surface area contributed by atoms with E-state index in [0.29, 0.717) is 12.6 Å². The zero-order valence-corrected chi connectivity index (χ0v) is 13.8. The zero-order valence-electron chi connectivity index (χ0n) is 13.0. The Hall–Kier alpha value is -1.65. The molecule has 0 saturated heterocycles. The molecule has 116 valence electrons. The average Bonchev–Trinajstić information content (AvgIpc) is 2.59. The van der Waals surface area contributed by atoms with Crippen LogP contribution in [0.15, 0.2) is 47.4 Å². The summed E-state index contributed by atoms with van der Waals surface area (Å²) in [6.45, 7) is 1.54.